The van der Waals surface area contributed by atoms with Crippen LogP contribution in [0.25, 0.3) is 0 Å². The van der Waals surface area contributed by atoms with E-state index < -0.39 is 12.8 Å². The third kappa shape index (κ3) is 9.99. The van der Waals surface area contributed by atoms with Gasteiger partial charge in [0.05, 0.1) is 6.61 Å². The zero-order chi connectivity index (χ0) is 20.6. The highest BCUT2D eigenvalue weighted by molar-refractivity contribution is 14.0. The quantitative estimate of drug-likeness (QED) is 0.320. The van der Waals surface area contributed by atoms with Crippen LogP contribution in [0.5, 0.6) is 0 Å². The first-order valence-electron chi connectivity index (χ1n) is 9.70. The largest absolute Gasteiger partial charge is 0.411 e. The smallest absolute Gasteiger partial charge is 0.367 e. The summed E-state index contributed by atoms with van der Waals surface area (Å²) >= 11 is 0. The second-order valence-electron chi connectivity index (χ2n) is 7.40. The first-order chi connectivity index (χ1) is 13.3. The second-order valence-corrected chi connectivity index (χ2v) is 7.40. The van der Waals surface area contributed by atoms with E-state index in [9.17, 15) is 13.2 Å². The SMILES string of the molecule is CN=C(NCc1cccc(COCC(F)(F)F)c1)NC1CCN(C(C)C)CC1.I. The van der Waals surface area contributed by atoms with Gasteiger partial charge < -0.3 is 20.3 Å². The lowest BCUT2D eigenvalue weighted by molar-refractivity contribution is -0.176. The van der Waals surface area contributed by atoms with Crippen molar-refractivity contribution in [1.82, 2.24) is 15.5 Å². The number of alkyl halides is 3. The van der Waals surface area contributed by atoms with Gasteiger partial charge in [-0.1, -0.05) is 24.3 Å². The molecule has 2 rings (SSSR count). The molecule has 0 atom stereocenters. The Bertz CT molecular complexity index is 632. The van der Waals surface area contributed by atoms with Crippen LogP contribution in [0.1, 0.15) is 37.8 Å². The predicted octanol–water partition coefficient (Wildman–Crippen LogP) is 3.92. The summed E-state index contributed by atoms with van der Waals surface area (Å²) in [5, 5.41) is 6.74. The molecule has 29 heavy (non-hydrogen) atoms. The van der Waals surface area contributed by atoms with E-state index in [1.54, 1.807) is 13.1 Å². The minimum atomic E-state index is -4.30. The lowest BCUT2D eigenvalue weighted by atomic mass is 10.0. The summed E-state index contributed by atoms with van der Waals surface area (Å²) in [4.78, 5) is 6.75. The van der Waals surface area contributed by atoms with Crippen molar-refractivity contribution in [2.24, 2.45) is 4.99 Å². The molecule has 5 nitrogen and oxygen atoms in total. The topological polar surface area (TPSA) is 48.9 Å². The number of aliphatic imine (C=N–C) groups is 1. The number of ether oxygens (including phenoxy) is 1. The van der Waals surface area contributed by atoms with Crippen LogP contribution in [0.15, 0.2) is 29.3 Å². The normalized spacial score (nSPS) is 16.6. The maximum absolute atomic E-state index is 12.2. The van der Waals surface area contributed by atoms with Crippen LogP contribution in [0.3, 0.4) is 0 Å². The minimum Gasteiger partial charge on any atom is -0.367 e. The molecule has 0 spiro atoms. The van der Waals surface area contributed by atoms with E-state index in [-0.39, 0.29) is 30.6 Å². The molecule has 0 amide bonds. The van der Waals surface area contributed by atoms with Gasteiger partial charge in [0.1, 0.15) is 6.61 Å². The first kappa shape index (κ1) is 26.0. The number of piperidine rings is 1. The van der Waals surface area contributed by atoms with E-state index in [4.69, 9.17) is 4.74 Å². The second kappa shape index (κ2) is 12.6. The van der Waals surface area contributed by atoms with Crippen molar-refractivity contribution < 1.29 is 17.9 Å². The van der Waals surface area contributed by atoms with E-state index in [1.165, 1.54) is 0 Å². The number of rotatable bonds is 7. The Hall–Kier alpha value is -1.07. The molecule has 1 aromatic rings. The molecule has 1 aromatic carbocycles. The molecule has 1 saturated heterocycles. The molecule has 0 unspecified atom stereocenters. The van der Waals surface area contributed by atoms with Crippen molar-refractivity contribution in [1.29, 1.82) is 0 Å². The summed E-state index contributed by atoms with van der Waals surface area (Å²) in [5.74, 6) is 0.738. The summed E-state index contributed by atoms with van der Waals surface area (Å²) in [7, 11) is 1.74. The van der Waals surface area contributed by atoms with Gasteiger partial charge >= 0.3 is 6.18 Å². The number of likely N-dealkylation sites (tertiary alicyclic amines) is 1. The van der Waals surface area contributed by atoms with Crippen LogP contribution < -0.4 is 10.6 Å². The highest BCUT2D eigenvalue weighted by Gasteiger charge is 2.27. The Labute approximate surface area is 188 Å². The number of hydrogen-bond acceptors (Lipinski definition) is 3. The Morgan fingerprint density at radius 1 is 1.24 bits per heavy atom. The molecule has 9 heteroatoms. The van der Waals surface area contributed by atoms with Crippen molar-refractivity contribution in [3.63, 3.8) is 0 Å². The van der Waals surface area contributed by atoms with Crippen LogP contribution in [0, 0.1) is 0 Å². The van der Waals surface area contributed by atoms with Gasteiger partial charge in [0.25, 0.3) is 0 Å². The van der Waals surface area contributed by atoms with Crippen LogP contribution >= 0.6 is 24.0 Å². The fourth-order valence-corrected chi connectivity index (χ4v) is 3.25. The van der Waals surface area contributed by atoms with Crippen LogP contribution in [0.4, 0.5) is 13.2 Å². The molecular formula is C20H32F3IN4O. The molecule has 1 heterocycles. The highest BCUT2D eigenvalue weighted by Crippen LogP contribution is 2.16. The van der Waals surface area contributed by atoms with Crippen molar-refractivity contribution in [3.05, 3.63) is 35.4 Å². The Morgan fingerprint density at radius 2 is 1.90 bits per heavy atom. The molecule has 0 saturated carbocycles. The van der Waals surface area contributed by atoms with Crippen LogP contribution in [-0.4, -0.2) is 55.9 Å². The summed E-state index contributed by atoms with van der Waals surface area (Å²) in [6.07, 6.45) is -2.15. The number of hydrogen-bond donors (Lipinski definition) is 2. The Balaban J connectivity index is 0.00000420. The van der Waals surface area contributed by atoms with E-state index in [0.717, 1.165) is 37.5 Å². The third-order valence-electron chi connectivity index (χ3n) is 4.81. The number of nitrogens with one attached hydrogen (secondary N) is 2. The molecule has 0 aliphatic carbocycles. The van der Waals surface area contributed by atoms with E-state index >= 15 is 0 Å². The average molecular weight is 528 g/mol. The van der Waals surface area contributed by atoms with Gasteiger partial charge in [-0.3, -0.25) is 4.99 Å². The summed E-state index contributed by atoms with van der Waals surface area (Å²) < 4.78 is 41.3. The lowest BCUT2D eigenvalue weighted by Gasteiger charge is -2.35. The van der Waals surface area contributed by atoms with Crippen molar-refractivity contribution >= 4 is 29.9 Å². The van der Waals surface area contributed by atoms with Crippen LogP contribution in [-0.2, 0) is 17.9 Å². The van der Waals surface area contributed by atoms with Gasteiger partial charge in [-0.25, -0.2) is 0 Å². The van der Waals surface area contributed by atoms with Crippen molar-refractivity contribution in [2.75, 3.05) is 26.7 Å². The number of halogens is 4. The predicted molar refractivity (Wildman–Crippen MR) is 121 cm³/mol. The van der Waals surface area contributed by atoms with Gasteiger partial charge in [0.2, 0.25) is 0 Å². The van der Waals surface area contributed by atoms with Gasteiger partial charge in [-0.2, -0.15) is 13.2 Å². The Kier molecular flexibility index (Phi) is 11.3. The van der Waals surface area contributed by atoms with Gasteiger partial charge in [-0.15, -0.1) is 24.0 Å². The molecule has 0 aromatic heterocycles. The summed E-state index contributed by atoms with van der Waals surface area (Å²) in [5.41, 5.74) is 1.68. The molecule has 166 valence electrons. The zero-order valence-corrected chi connectivity index (χ0v) is 19.6. The summed E-state index contributed by atoms with van der Waals surface area (Å²) in [6, 6.07) is 8.32. The minimum absolute atomic E-state index is 0. The van der Waals surface area contributed by atoms with E-state index in [2.05, 4.69) is 34.4 Å². The number of guanidine groups is 1. The molecule has 2 N–H and O–H groups in total. The number of nitrogens with zero attached hydrogens (tertiary/aromatic N) is 2. The monoisotopic (exact) mass is 528 g/mol. The number of benzene rings is 1. The molecular weight excluding hydrogens is 496 g/mol. The lowest BCUT2D eigenvalue weighted by Crippen LogP contribution is -2.49. The molecule has 0 radical (unpaired) electrons. The van der Waals surface area contributed by atoms with E-state index in [1.807, 2.05) is 18.2 Å². The van der Waals surface area contributed by atoms with Crippen LogP contribution in [0.2, 0.25) is 0 Å². The third-order valence-corrected chi connectivity index (χ3v) is 4.81. The zero-order valence-electron chi connectivity index (χ0n) is 17.3. The maximum atomic E-state index is 12.2. The van der Waals surface area contributed by atoms with Gasteiger partial charge in [-0.05, 0) is 37.8 Å². The fourth-order valence-electron chi connectivity index (χ4n) is 3.25. The Morgan fingerprint density at radius 3 is 2.48 bits per heavy atom. The standard InChI is InChI=1S/C20H31F3N4O.HI/c1-15(2)27-9-7-18(8-10-27)26-19(24-3)25-12-16-5-4-6-17(11-16)13-28-14-20(21,22)23;/h4-6,11,15,18H,7-10,12-14H2,1-3H3,(H2,24,25,26);1H. The van der Waals surface area contributed by atoms with Crippen molar-refractivity contribution in [3.8, 4) is 0 Å². The molecule has 0 bridgehead atoms. The highest BCUT2D eigenvalue weighted by atomic mass is 127. The van der Waals surface area contributed by atoms with Crippen molar-refractivity contribution in [2.45, 2.75) is 58.1 Å². The molecule has 1 aliphatic rings. The van der Waals surface area contributed by atoms with Gasteiger partial charge in [0, 0.05) is 38.8 Å². The molecule has 1 fully saturated rings. The maximum Gasteiger partial charge on any atom is 0.411 e. The average Bonchev–Trinajstić information content (AvgIpc) is 2.65. The van der Waals surface area contributed by atoms with E-state index in [0.29, 0.717) is 24.2 Å². The van der Waals surface area contributed by atoms with Gasteiger partial charge in [0.15, 0.2) is 5.96 Å². The summed E-state index contributed by atoms with van der Waals surface area (Å²) in [6.45, 7) is 5.83. The fraction of sp³-hybridized carbons (Fsp3) is 0.650. The first-order valence-corrected chi connectivity index (χ1v) is 9.70. The molecule has 1 aliphatic heterocycles.